The Morgan fingerprint density at radius 3 is 2.94 bits per heavy atom. The van der Waals surface area contributed by atoms with E-state index in [1.165, 1.54) is 24.2 Å². The number of rotatable bonds is 3. The number of carbonyl (C=O) groups excluding carboxylic acids is 1. The van der Waals surface area contributed by atoms with Crippen molar-refractivity contribution < 1.29 is 4.79 Å². The molecule has 1 amide bonds. The van der Waals surface area contributed by atoms with Crippen molar-refractivity contribution in [3.8, 4) is 0 Å². The molecule has 1 heterocycles. The number of hydrogen-bond acceptors (Lipinski definition) is 4. The van der Waals surface area contributed by atoms with Crippen molar-refractivity contribution in [2.45, 2.75) is 25.7 Å². The van der Waals surface area contributed by atoms with Gasteiger partial charge in [0.25, 0.3) is 5.91 Å². The summed E-state index contributed by atoms with van der Waals surface area (Å²) >= 11 is 1.48. The minimum Gasteiger partial charge on any atom is -0.296 e. The maximum Gasteiger partial charge on any atom is 0.257 e. The number of nitrogens with one attached hydrogen (secondary N) is 1. The van der Waals surface area contributed by atoms with Crippen molar-refractivity contribution in [1.82, 2.24) is 10.2 Å². The Bertz CT molecular complexity index is 589. The summed E-state index contributed by atoms with van der Waals surface area (Å²) in [6.45, 7) is 1.97. The number of hydrogen-bond donors (Lipinski definition) is 1. The van der Waals surface area contributed by atoms with Gasteiger partial charge in [0, 0.05) is 11.5 Å². The lowest BCUT2D eigenvalue weighted by Gasteiger charge is -2.01. The molecule has 0 aliphatic heterocycles. The maximum atomic E-state index is 12.0. The van der Waals surface area contributed by atoms with Crippen molar-refractivity contribution >= 4 is 22.4 Å². The molecule has 0 bridgehead atoms. The zero-order valence-electron chi connectivity index (χ0n) is 10.0. The summed E-state index contributed by atoms with van der Waals surface area (Å²) in [5, 5.41) is 12.5. The molecule has 4 nitrogen and oxygen atoms in total. The fourth-order valence-electron chi connectivity index (χ4n) is 1.74. The summed E-state index contributed by atoms with van der Waals surface area (Å²) in [5.74, 6) is 0.448. The Labute approximate surface area is 109 Å². The summed E-state index contributed by atoms with van der Waals surface area (Å²) in [7, 11) is 0. The van der Waals surface area contributed by atoms with Gasteiger partial charge < -0.3 is 0 Å². The molecule has 1 aliphatic carbocycles. The minimum absolute atomic E-state index is 0.128. The summed E-state index contributed by atoms with van der Waals surface area (Å²) in [4.78, 5) is 12.0. The molecular formula is C13H13N3OS. The van der Waals surface area contributed by atoms with Crippen LogP contribution >= 0.6 is 11.3 Å². The number of amides is 1. The zero-order valence-corrected chi connectivity index (χ0v) is 10.8. The third-order valence-corrected chi connectivity index (χ3v) is 3.87. The van der Waals surface area contributed by atoms with Gasteiger partial charge in [-0.3, -0.25) is 10.1 Å². The van der Waals surface area contributed by atoms with Crippen LogP contribution in [0.15, 0.2) is 24.3 Å². The monoisotopic (exact) mass is 259 g/mol. The van der Waals surface area contributed by atoms with Crippen LogP contribution in [0.2, 0.25) is 0 Å². The lowest BCUT2D eigenvalue weighted by atomic mass is 10.1. The number of benzene rings is 1. The highest BCUT2D eigenvalue weighted by Crippen LogP contribution is 2.42. The first-order chi connectivity index (χ1) is 8.72. The molecule has 0 saturated heterocycles. The van der Waals surface area contributed by atoms with E-state index in [4.69, 9.17) is 0 Å². The number of carbonyl (C=O) groups is 1. The van der Waals surface area contributed by atoms with Crippen molar-refractivity contribution in [1.29, 1.82) is 0 Å². The molecule has 18 heavy (non-hydrogen) atoms. The molecule has 2 aromatic rings. The second-order valence-electron chi connectivity index (χ2n) is 4.54. The largest absolute Gasteiger partial charge is 0.296 e. The van der Waals surface area contributed by atoms with E-state index >= 15 is 0 Å². The SMILES string of the molecule is Cc1cccc(C(=O)Nc2nnc(C3CC3)s2)c1. The standard InChI is InChI=1S/C13H13N3OS/c1-8-3-2-4-10(7-8)11(17)14-13-16-15-12(18-13)9-5-6-9/h2-4,7,9H,5-6H2,1H3,(H,14,16,17). The van der Waals surface area contributed by atoms with Crippen LogP contribution in [-0.4, -0.2) is 16.1 Å². The van der Waals surface area contributed by atoms with E-state index in [2.05, 4.69) is 15.5 Å². The highest BCUT2D eigenvalue weighted by Gasteiger charge is 2.27. The average Bonchev–Trinajstić information content (AvgIpc) is 3.11. The number of aromatic nitrogens is 2. The van der Waals surface area contributed by atoms with E-state index in [-0.39, 0.29) is 5.91 Å². The van der Waals surface area contributed by atoms with Gasteiger partial charge in [0.15, 0.2) is 0 Å². The second-order valence-corrected chi connectivity index (χ2v) is 5.55. The van der Waals surface area contributed by atoms with Gasteiger partial charge in [-0.2, -0.15) is 0 Å². The van der Waals surface area contributed by atoms with Crippen LogP contribution < -0.4 is 5.32 Å². The fourth-order valence-corrected chi connectivity index (χ4v) is 2.64. The zero-order chi connectivity index (χ0) is 12.5. The molecule has 1 N–H and O–H groups in total. The Morgan fingerprint density at radius 1 is 1.39 bits per heavy atom. The smallest absolute Gasteiger partial charge is 0.257 e. The van der Waals surface area contributed by atoms with Gasteiger partial charge in [-0.05, 0) is 31.9 Å². The van der Waals surface area contributed by atoms with Crippen LogP contribution in [-0.2, 0) is 0 Å². The van der Waals surface area contributed by atoms with Crippen LogP contribution in [0.1, 0.15) is 39.7 Å². The topological polar surface area (TPSA) is 54.9 Å². The van der Waals surface area contributed by atoms with Crippen LogP contribution in [0.5, 0.6) is 0 Å². The van der Waals surface area contributed by atoms with Gasteiger partial charge in [-0.1, -0.05) is 29.0 Å². The van der Waals surface area contributed by atoms with E-state index in [9.17, 15) is 4.79 Å². The molecule has 92 valence electrons. The Balaban J connectivity index is 1.73. The van der Waals surface area contributed by atoms with Gasteiger partial charge in [0.2, 0.25) is 5.13 Å². The number of anilines is 1. The van der Waals surface area contributed by atoms with Gasteiger partial charge in [-0.15, -0.1) is 10.2 Å². The lowest BCUT2D eigenvalue weighted by Crippen LogP contribution is -2.11. The normalized spacial score (nSPS) is 14.5. The van der Waals surface area contributed by atoms with Gasteiger partial charge >= 0.3 is 0 Å². The van der Waals surface area contributed by atoms with Crippen molar-refractivity contribution in [3.05, 3.63) is 40.4 Å². The molecule has 0 radical (unpaired) electrons. The highest BCUT2D eigenvalue weighted by molar-refractivity contribution is 7.15. The second kappa shape index (κ2) is 4.49. The molecule has 1 aromatic heterocycles. The molecule has 1 aromatic carbocycles. The quantitative estimate of drug-likeness (QED) is 0.922. The van der Waals surface area contributed by atoms with Crippen LogP contribution in [0.3, 0.4) is 0 Å². The summed E-state index contributed by atoms with van der Waals surface area (Å²) in [6.07, 6.45) is 2.39. The van der Waals surface area contributed by atoms with Crippen molar-refractivity contribution in [2.75, 3.05) is 5.32 Å². The first-order valence-corrected chi connectivity index (χ1v) is 6.75. The van der Waals surface area contributed by atoms with Crippen LogP contribution in [0, 0.1) is 6.92 Å². The Kier molecular flexibility index (Phi) is 2.83. The third kappa shape index (κ3) is 2.41. The van der Waals surface area contributed by atoms with Gasteiger partial charge in [0.05, 0.1) is 0 Å². The molecule has 0 atom stereocenters. The molecule has 1 saturated carbocycles. The number of aryl methyl sites for hydroxylation is 1. The average molecular weight is 259 g/mol. The predicted octanol–water partition coefficient (Wildman–Crippen LogP) is 2.98. The van der Waals surface area contributed by atoms with Crippen LogP contribution in [0.25, 0.3) is 0 Å². The minimum atomic E-state index is -0.128. The Hall–Kier alpha value is -1.75. The molecule has 3 rings (SSSR count). The summed E-state index contributed by atoms with van der Waals surface area (Å²) in [5.41, 5.74) is 1.72. The molecule has 1 fully saturated rings. The molecular weight excluding hydrogens is 246 g/mol. The number of nitrogens with zero attached hydrogens (tertiary/aromatic N) is 2. The lowest BCUT2D eigenvalue weighted by molar-refractivity contribution is 0.102. The Morgan fingerprint density at radius 2 is 2.22 bits per heavy atom. The van der Waals surface area contributed by atoms with E-state index in [1.54, 1.807) is 6.07 Å². The molecule has 1 aliphatic rings. The first-order valence-electron chi connectivity index (χ1n) is 5.94. The first kappa shape index (κ1) is 11.3. The van der Waals surface area contributed by atoms with Crippen LogP contribution in [0.4, 0.5) is 5.13 Å². The molecule has 0 spiro atoms. The van der Waals surface area contributed by atoms with Crippen molar-refractivity contribution in [3.63, 3.8) is 0 Å². The van der Waals surface area contributed by atoms with Crippen molar-refractivity contribution in [2.24, 2.45) is 0 Å². The third-order valence-electron chi connectivity index (χ3n) is 2.87. The van der Waals surface area contributed by atoms with E-state index in [0.717, 1.165) is 10.6 Å². The highest BCUT2D eigenvalue weighted by atomic mass is 32.1. The fraction of sp³-hybridized carbons (Fsp3) is 0.308. The molecule has 0 unspecified atom stereocenters. The van der Waals surface area contributed by atoms with E-state index in [0.29, 0.717) is 16.6 Å². The van der Waals surface area contributed by atoms with E-state index < -0.39 is 0 Å². The maximum absolute atomic E-state index is 12.0. The molecule has 5 heteroatoms. The summed E-state index contributed by atoms with van der Waals surface area (Å²) in [6, 6.07) is 7.50. The predicted molar refractivity (Wildman–Crippen MR) is 71.0 cm³/mol. The van der Waals surface area contributed by atoms with E-state index in [1.807, 2.05) is 25.1 Å². The van der Waals surface area contributed by atoms with Gasteiger partial charge in [0.1, 0.15) is 5.01 Å². The van der Waals surface area contributed by atoms with Gasteiger partial charge in [-0.25, -0.2) is 0 Å². The summed E-state index contributed by atoms with van der Waals surface area (Å²) < 4.78 is 0.